The van der Waals surface area contributed by atoms with Gasteiger partial charge in [-0.3, -0.25) is 4.79 Å². The van der Waals surface area contributed by atoms with Crippen molar-refractivity contribution < 1.29 is 9.36 Å². The molecule has 0 unspecified atom stereocenters. The monoisotopic (exact) mass is 332 g/mol. The fourth-order valence-corrected chi connectivity index (χ4v) is 3.21. The predicted molar refractivity (Wildman–Crippen MR) is 97.4 cm³/mol. The van der Waals surface area contributed by atoms with Gasteiger partial charge in [0.1, 0.15) is 0 Å². The number of benzene rings is 3. The van der Waals surface area contributed by atoms with E-state index in [4.69, 9.17) is 11.6 Å². The summed E-state index contributed by atoms with van der Waals surface area (Å²) >= 11 is 6.34. The van der Waals surface area contributed by atoms with Gasteiger partial charge in [-0.1, -0.05) is 48.5 Å². The van der Waals surface area contributed by atoms with Crippen molar-refractivity contribution in [2.24, 2.45) is 0 Å². The van der Waals surface area contributed by atoms with Crippen molar-refractivity contribution in [1.82, 2.24) is 0 Å². The predicted octanol–water partition coefficient (Wildman–Crippen LogP) is 4.82. The Bertz CT molecular complexity index is 1070. The Morgan fingerprint density at radius 1 is 0.792 bits per heavy atom. The van der Waals surface area contributed by atoms with E-state index in [-0.39, 0.29) is 12.3 Å². The number of halogens is 1. The molecule has 24 heavy (non-hydrogen) atoms. The minimum Gasteiger partial charge on any atom is -0.287 e. The molecule has 0 saturated carbocycles. The fourth-order valence-electron chi connectivity index (χ4n) is 3.00. The molecule has 0 aliphatic carbocycles. The van der Waals surface area contributed by atoms with E-state index in [1.165, 1.54) is 0 Å². The summed E-state index contributed by atoms with van der Waals surface area (Å²) < 4.78 is 1.86. The van der Waals surface area contributed by atoms with Gasteiger partial charge in [0.15, 0.2) is 0 Å². The second-order valence-electron chi connectivity index (χ2n) is 5.79. The summed E-state index contributed by atoms with van der Waals surface area (Å²) in [5, 5.41) is 3.82. The highest BCUT2D eigenvalue weighted by Crippen LogP contribution is 2.17. The number of para-hydroxylation sites is 1. The first kappa shape index (κ1) is 14.9. The maximum atomic E-state index is 12.8. The zero-order valence-electron chi connectivity index (χ0n) is 12.9. The molecule has 2 nitrogen and oxygen atoms in total. The van der Waals surface area contributed by atoms with Crippen LogP contribution in [0.2, 0.25) is 5.15 Å². The minimum atomic E-state index is 0.0454. The third-order valence-corrected chi connectivity index (χ3v) is 4.59. The first-order chi connectivity index (χ1) is 11.7. The summed E-state index contributed by atoms with van der Waals surface area (Å²) in [6.45, 7) is 0.221. The number of carbonyl (C=O) groups is 1. The Morgan fingerprint density at radius 3 is 2.29 bits per heavy atom. The minimum absolute atomic E-state index is 0.0454. The van der Waals surface area contributed by atoms with Crippen LogP contribution in [-0.4, -0.2) is 5.78 Å². The largest absolute Gasteiger partial charge is 0.287 e. The normalized spacial score (nSPS) is 11.0. The zero-order valence-corrected chi connectivity index (χ0v) is 13.7. The zero-order chi connectivity index (χ0) is 16.5. The number of nitrogens with zero attached hydrogens (tertiary/aromatic N) is 1. The molecular formula is C21H15ClNO+. The van der Waals surface area contributed by atoms with Gasteiger partial charge in [-0.05, 0) is 40.6 Å². The average Bonchev–Trinajstić information content (AvgIpc) is 2.63. The van der Waals surface area contributed by atoms with E-state index in [9.17, 15) is 4.79 Å². The quantitative estimate of drug-likeness (QED) is 0.299. The fraction of sp³-hybridized carbons (Fsp3) is 0.0476. The number of rotatable bonds is 3. The Hall–Kier alpha value is -2.71. The molecule has 3 aromatic carbocycles. The molecule has 0 saturated heterocycles. The number of hydrogen-bond donors (Lipinski definition) is 0. The van der Waals surface area contributed by atoms with Crippen LogP contribution in [0.3, 0.4) is 0 Å². The smallest absolute Gasteiger partial charge is 0.275 e. The molecule has 1 heterocycles. The van der Waals surface area contributed by atoms with E-state index < -0.39 is 0 Å². The van der Waals surface area contributed by atoms with Gasteiger partial charge in [0.05, 0.1) is 0 Å². The number of ketones is 1. The van der Waals surface area contributed by atoms with E-state index in [1.54, 1.807) is 0 Å². The Labute approximate surface area is 144 Å². The van der Waals surface area contributed by atoms with Crippen LogP contribution in [-0.2, 0) is 6.54 Å². The number of carbonyl (C=O) groups excluding carboxylic acids is 1. The maximum Gasteiger partial charge on any atom is 0.275 e. The lowest BCUT2D eigenvalue weighted by atomic mass is 10.0. The molecule has 1 aromatic heterocycles. The van der Waals surface area contributed by atoms with E-state index >= 15 is 0 Å². The van der Waals surface area contributed by atoms with E-state index in [0.717, 1.165) is 21.7 Å². The van der Waals surface area contributed by atoms with Crippen LogP contribution < -0.4 is 4.57 Å². The van der Waals surface area contributed by atoms with Crippen molar-refractivity contribution in [3.8, 4) is 0 Å². The molecule has 0 spiro atoms. The molecule has 0 atom stereocenters. The van der Waals surface area contributed by atoms with Gasteiger partial charge in [-0.25, -0.2) is 0 Å². The standard InChI is InChI=1S/C21H15ClNO/c22-21-12-11-16-6-3-4-8-19(16)23(21)14-20(24)18-10-9-15-5-1-2-7-17(15)13-18/h1-13H,14H2/q+1. The Kier molecular flexibility index (Phi) is 3.75. The molecule has 0 radical (unpaired) electrons. The lowest BCUT2D eigenvalue weighted by molar-refractivity contribution is -0.654. The summed E-state index contributed by atoms with van der Waals surface area (Å²) in [5.74, 6) is 0.0454. The molecule has 0 bridgehead atoms. The van der Waals surface area contributed by atoms with Crippen molar-refractivity contribution in [2.45, 2.75) is 6.54 Å². The van der Waals surface area contributed by atoms with Crippen LogP contribution in [0, 0.1) is 0 Å². The second kappa shape index (κ2) is 6.06. The first-order valence-electron chi connectivity index (χ1n) is 7.81. The molecule has 3 heteroatoms. The third-order valence-electron chi connectivity index (χ3n) is 4.26. The summed E-state index contributed by atoms with van der Waals surface area (Å²) in [4.78, 5) is 12.8. The van der Waals surface area contributed by atoms with Crippen molar-refractivity contribution >= 4 is 39.1 Å². The van der Waals surface area contributed by atoms with E-state index in [2.05, 4.69) is 0 Å². The van der Waals surface area contributed by atoms with Crippen molar-refractivity contribution in [3.63, 3.8) is 0 Å². The first-order valence-corrected chi connectivity index (χ1v) is 8.19. The summed E-state index contributed by atoms with van der Waals surface area (Å²) in [5.41, 5.74) is 1.66. The van der Waals surface area contributed by atoms with Gasteiger partial charge in [0, 0.05) is 23.1 Å². The van der Waals surface area contributed by atoms with E-state index in [0.29, 0.717) is 10.7 Å². The molecular weight excluding hydrogens is 318 g/mol. The Morgan fingerprint density at radius 2 is 1.46 bits per heavy atom. The lowest BCUT2D eigenvalue weighted by Gasteiger charge is -2.04. The number of aromatic nitrogens is 1. The van der Waals surface area contributed by atoms with Gasteiger partial charge in [-0.15, -0.1) is 0 Å². The highest BCUT2D eigenvalue weighted by molar-refractivity contribution is 6.28. The van der Waals surface area contributed by atoms with Gasteiger partial charge >= 0.3 is 0 Å². The number of pyridine rings is 1. The molecule has 0 fully saturated rings. The Balaban J connectivity index is 1.74. The molecule has 0 amide bonds. The molecule has 0 N–H and O–H groups in total. The molecule has 116 valence electrons. The van der Waals surface area contributed by atoms with Gasteiger partial charge in [0.25, 0.3) is 5.15 Å². The van der Waals surface area contributed by atoms with Gasteiger partial charge in [0.2, 0.25) is 17.8 Å². The van der Waals surface area contributed by atoms with Crippen molar-refractivity contribution in [3.05, 3.63) is 89.6 Å². The van der Waals surface area contributed by atoms with Crippen LogP contribution in [0.25, 0.3) is 21.7 Å². The summed E-state index contributed by atoms with van der Waals surface area (Å²) in [6, 6.07) is 25.6. The van der Waals surface area contributed by atoms with Crippen LogP contribution in [0.15, 0.2) is 78.9 Å². The van der Waals surface area contributed by atoms with Crippen LogP contribution >= 0.6 is 11.6 Å². The van der Waals surface area contributed by atoms with Crippen molar-refractivity contribution in [1.29, 1.82) is 0 Å². The number of Topliss-reactive ketones (excluding diaryl/α,β-unsaturated/α-hetero) is 1. The van der Waals surface area contributed by atoms with Gasteiger partial charge in [-0.2, -0.15) is 4.57 Å². The van der Waals surface area contributed by atoms with E-state index in [1.807, 2.05) is 83.4 Å². The SMILES string of the molecule is O=C(C[n+]1c(Cl)ccc2ccccc21)c1ccc2ccccc2c1. The second-order valence-corrected chi connectivity index (χ2v) is 6.17. The van der Waals surface area contributed by atoms with Gasteiger partial charge < -0.3 is 0 Å². The number of hydrogen-bond acceptors (Lipinski definition) is 1. The van der Waals surface area contributed by atoms with Crippen molar-refractivity contribution in [2.75, 3.05) is 0 Å². The summed E-state index contributed by atoms with van der Waals surface area (Å²) in [7, 11) is 0. The molecule has 0 aliphatic rings. The maximum absolute atomic E-state index is 12.8. The number of fused-ring (bicyclic) bond motifs is 2. The molecule has 4 rings (SSSR count). The molecule has 0 aliphatic heterocycles. The summed E-state index contributed by atoms with van der Waals surface area (Å²) in [6.07, 6.45) is 0. The van der Waals surface area contributed by atoms with Crippen LogP contribution in [0.4, 0.5) is 0 Å². The molecule has 4 aromatic rings. The third kappa shape index (κ3) is 2.66. The topological polar surface area (TPSA) is 20.9 Å². The lowest BCUT2D eigenvalue weighted by Crippen LogP contribution is -2.39. The van der Waals surface area contributed by atoms with Crippen LogP contribution in [0.1, 0.15) is 10.4 Å². The van der Waals surface area contributed by atoms with Crippen LogP contribution in [0.5, 0.6) is 0 Å². The average molecular weight is 333 g/mol. The highest BCUT2D eigenvalue weighted by atomic mass is 35.5. The highest BCUT2D eigenvalue weighted by Gasteiger charge is 2.19.